The van der Waals surface area contributed by atoms with E-state index < -0.39 is 8.32 Å². The molecule has 0 saturated carbocycles. The molecule has 2 atom stereocenters. The molecular formula is C16H26N2O3S2Si. The third-order valence-electron chi connectivity index (χ3n) is 4.74. The Kier molecular flexibility index (Phi) is 5.64. The predicted molar refractivity (Wildman–Crippen MR) is 102 cm³/mol. The van der Waals surface area contributed by atoms with Crippen LogP contribution in [0.25, 0.3) is 0 Å². The second-order valence-electron chi connectivity index (χ2n) is 7.66. The lowest BCUT2D eigenvalue weighted by Gasteiger charge is -2.41. The molecule has 1 aliphatic rings. The molecule has 1 saturated heterocycles. The molecule has 1 aromatic heterocycles. The molecule has 0 spiro atoms. The van der Waals surface area contributed by atoms with Crippen LogP contribution in [-0.2, 0) is 9.22 Å². The minimum atomic E-state index is -1.90. The van der Waals surface area contributed by atoms with E-state index in [4.69, 9.17) is 4.43 Å². The lowest BCUT2D eigenvalue weighted by Crippen LogP contribution is -2.59. The summed E-state index contributed by atoms with van der Waals surface area (Å²) < 4.78 is 6.16. The van der Waals surface area contributed by atoms with Gasteiger partial charge in [-0.15, -0.1) is 11.3 Å². The quantitative estimate of drug-likeness (QED) is 0.617. The Morgan fingerprint density at radius 3 is 2.46 bits per heavy atom. The van der Waals surface area contributed by atoms with Gasteiger partial charge in [-0.2, -0.15) is 0 Å². The van der Waals surface area contributed by atoms with Gasteiger partial charge in [-0.25, -0.2) is 4.98 Å². The van der Waals surface area contributed by atoms with Crippen LogP contribution in [0.2, 0.25) is 18.1 Å². The maximum atomic E-state index is 12.4. The smallest absolute Gasteiger partial charge is 0.233 e. The number of β-lactam (4-membered cyclic amide) rings is 1. The number of nitrogens with zero attached hydrogens (tertiary/aromatic N) is 1. The van der Waals surface area contributed by atoms with E-state index in [0.29, 0.717) is 11.5 Å². The van der Waals surface area contributed by atoms with Crippen LogP contribution in [-0.4, -0.2) is 36.3 Å². The Morgan fingerprint density at radius 1 is 1.38 bits per heavy atom. The van der Waals surface area contributed by atoms with Crippen molar-refractivity contribution in [3.05, 3.63) is 15.6 Å². The van der Waals surface area contributed by atoms with E-state index in [0.717, 1.165) is 10.7 Å². The molecule has 8 heteroatoms. The largest absolute Gasteiger partial charge is 0.416 e. The molecule has 5 nitrogen and oxygen atoms in total. The standard InChI is InChI=1S/C16H26N2O3S2Si/c1-9-12(22-10(2)17-9)15(20)23-14-11(13(19)18-14)8-21-24(6,7)16(3,4)5/h11,14H,8H2,1-7H3,(H,18,19)/t11-,14+/m0/s1. The van der Waals surface area contributed by atoms with Crippen molar-refractivity contribution in [2.24, 2.45) is 5.92 Å². The molecule has 2 rings (SSSR count). The highest BCUT2D eigenvalue weighted by Gasteiger charge is 2.44. The number of hydrogen-bond donors (Lipinski definition) is 1. The molecular weight excluding hydrogens is 360 g/mol. The lowest BCUT2D eigenvalue weighted by molar-refractivity contribution is -0.133. The van der Waals surface area contributed by atoms with Gasteiger partial charge < -0.3 is 9.74 Å². The molecule has 134 valence electrons. The molecule has 0 aliphatic carbocycles. The Labute approximate surface area is 153 Å². The minimum absolute atomic E-state index is 0.0274. The second kappa shape index (κ2) is 6.90. The summed E-state index contributed by atoms with van der Waals surface area (Å²) >= 11 is 2.58. The van der Waals surface area contributed by atoms with Crippen molar-refractivity contribution in [2.45, 2.75) is 58.1 Å². The first-order valence-electron chi connectivity index (χ1n) is 8.02. The fourth-order valence-corrected chi connectivity index (χ4v) is 5.15. The zero-order valence-electron chi connectivity index (χ0n) is 15.4. The van der Waals surface area contributed by atoms with Crippen molar-refractivity contribution in [1.29, 1.82) is 0 Å². The molecule has 0 radical (unpaired) electrons. The van der Waals surface area contributed by atoms with E-state index in [1.54, 1.807) is 0 Å². The number of carbonyl (C=O) groups is 2. The Hall–Kier alpha value is -0.703. The number of hydrogen-bond acceptors (Lipinski definition) is 6. The fraction of sp³-hybridized carbons (Fsp3) is 0.688. The summed E-state index contributed by atoms with van der Waals surface area (Å²) in [5.74, 6) is -0.293. The van der Waals surface area contributed by atoms with Crippen molar-refractivity contribution >= 4 is 42.4 Å². The van der Waals surface area contributed by atoms with Gasteiger partial charge in [-0.1, -0.05) is 32.5 Å². The molecule has 1 amide bonds. The number of thioether (sulfide) groups is 1. The number of thiazole rings is 1. The molecule has 2 heterocycles. The molecule has 0 unspecified atom stereocenters. The first kappa shape index (κ1) is 19.6. The highest BCUT2D eigenvalue weighted by molar-refractivity contribution is 8.15. The molecule has 1 fully saturated rings. The topological polar surface area (TPSA) is 68.3 Å². The summed E-state index contributed by atoms with van der Waals surface area (Å²) in [6, 6.07) is 0. The van der Waals surface area contributed by atoms with Crippen LogP contribution in [0.4, 0.5) is 0 Å². The van der Waals surface area contributed by atoms with Crippen LogP contribution >= 0.6 is 23.1 Å². The number of amides is 1. The number of nitrogens with one attached hydrogen (secondary N) is 1. The van der Waals surface area contributed by atoms with E-state index in [9.17, 15) is 9.59 Å². The van der Waals surface area contributed by atoms with Gasteiger partial charge in [0.15, 0.2) is 8.32 Å². The summed E-state index contributed by atoms with van der Waals surface area (Å²) in [5, 5.41) is 3.56. The summed E-state index contributed by atoms with van der Waals surface area (Å²) in [7, 11) is -1.90. The Morgan fingerprint density at radius 2 is 2.00 bits per heavy atom. The van der Waals surface area contributed by atoms with Crippen LogP contribution in [0.5, 0.6) is 0 Å². The zero-order chi connectivity index (χ0) is 18.3. The third-order valence-corrected chi connectivity index (χ3v) is 11.6. The van der Waals surface area contributed by atoms with Gasteiger partial charge in [0.25, 0.3) is 0 Å². The van der Waals surface area contributed by atoms with Crippen molar-refractivity contribution in [3.63, 3.8) is 0 Å². The van der Waals surface area contributed by atoms with E-state index in [-0.39, 0.29) is 27.4 Å². The minimum Gasteiger partial charge on any atom is -0.416 e. The zero-order valence-corrected chi connectivity index (χ0v) is 18.0. The van der Waals surface area contributed by atoms with Crippen LogP contribution in [0.15, 0.2) is 0 Å². The highest BCUT2D eigenvalue weighted by Crippen LogP contribution is 2.38. The molecule has 0 aromatic carbocycles. The average Bonchev–Trinajstić information content (AvgIpc) is 2.75. The lowest BCUT2D eigenvalue weighted by atomic mass is 10.0. The maximum absolute atomic E-state index is 12.4. The number of aromatic nitrogens is 1. The highest BCUT2D eigenvalue weighted by atomic mass is 32.2. The fourth-order valence-electron chi connectivity index (χ4n) is 2.07. The van der Waals surface area contributed by atoms with Gasteiger partial charge in [-0.3, -0.25) is 9.59 Å². The second-order valence-corrected chi connectivity index (χ2v) is 14.8. The third kappa shape index (κ3) is 4.09. The van der Waals surface area contributed by atoms with E-state index in [1.807, 2.05) is 13.8 Å². The van der Waals surface area contributed by atoms with E-state index >= 15 is 0 Å². The van der Waals surface area contributed by atoms with Gasteiger partial charge in [0, 0.05) is 6.61 Å². The van der Waals surface area contributed by atoms with E-state index in [1.165, 1.54) is 23.1 Å². The number of carbonyl (C=O) groups excluding carboxylic acids is 2. The molecule has 1 N–H and O–H groups in total. The Bertz CT molecular complexity index is 652. The summed E-state index contributed by atoms with van der Waals surface area (Å²) in [5.41, 5.74) is 0.759. The van der Waals surface area contributed by atoms with Crippen molar-refractivity contribution < 1.29 is 14.0 Å². The SMILES string of the molecule is Cc1nc(C)c(C(=O)S[C@H]2NC(=O)[C@@H]2CO[Si](C)(C)C(C)(C)C)s1. The first-order valence-corrected chi connectivity index (χ1v) is 12.6. The van der Waals surface area contributed by atoms with Crippen molar-refractivity contribution in [1.82, 2.24) is 10.3 Å². The molecule has 1 aliphatic heterocycles. The van der Waals surface area contributed by atoms with Crippen molar-refractivity contribution in [2.75, 3.05) is 6.61 Å². The van der Waals surface area contributed by atoms with Crippen LogP contribution in [0.3, 0.4) is 0 Å². The first-order chi connectivity index (χ1) is 10.9. The number of aryl methyl sites for hydroxylation is 2. The van der Waals surface area contributed by atoms with Gasteiger partial charge in [0.1, 0.15) is 4.88 Å². The summed E-state index contributed by atoms with van der Waals surface area (Å²) in [6.07, 6.45) is 0. The van der Waals surface area contributed by atoms with Gasteiger partial charge in [-0.05, 0) is 32.0 Å². The predicted octanol–water partition coefficient (Wildman–Crippen LogP) is 3.73. The summed E-state index contributed by atoms with van der Waals surface area (Å²) in [6.45, 7) is 15.0. The molecule has 0 bridgehead atoms. The number of rotatable bonds is 5. The van der Waals surface area contributed by atoms with E-state index in [2.05, 4.69) is 44.2 Å². The van der Waals surface area contributed by atoms with Crippen LogP contribution < -0.4 is 5.32 Å². The normalized spacial score (nSPS) is 21.4. The molecule has 1 aromatic rings. The van der Waals surface area contributed by atoms with Gasteiger partial charge >= 0.3 is 0 Å². The maximum Gasteiger partial charge on any atom is 0.233 e. The Balaban J connectivity index is 1.96. The van der Waals surface area contributed by atoms with Crippen LogP contribution in [0, 0.1) is 19.8 Å². The van der Waals surface area contributed by atoms with Crippen LogP contribution in [0.1, 0.15) is 41.1 Å². The van der Waals surface area contributed by atoms with Gasteiger partial charge in [0.05, 0.1) is 22.0 Å². The average molecular weight is 387 g/mol. The summed E-state index contributed by atoms with van der Waals surface area (Å²) in [4.78, 5) is 29.3. The molecule has 24 heavy (non-hydrogen) atoms. The van der Waals surface area contributed by atoms with Gasteiger partial charge in [0.2, 0.25) is 11.0 Å². The van der Waals surface area contributed by atoms with Crippen molar-refractivity contribution in [3.8, 4) is 0 Å². The monoisotopic (exact) mass is 386 g/mol.